The van der Waals surface area contributed by atoms with Gasteiger partial charge in [0.25, 0.3) is 5.69 Å². The topological polar surface area (TPSA) is 43.1 Å². The van der Waals surface area contributed by atoms with Gasteiger partial charge < -0.3 is 0 Å². The van der Waals surface area contributed by atoms with Gasteiger partial charge in [-0.25, -0.2) is 0 Å². The molecular formula is C8H4Cl3NO2. The summed E-state index contributed by atoms with van der Waals surface area (Å²) < 4.78 is -0.194. The number of halogens is 3. The minimum atomic E-state index is -0.547. The zero-order chi connectivity index (χ0) is 10.7. The Hall–Kier alpha value is -0.770. The van der Waals surface area contributed by atoms with Crippen molar-refractivity contribution in [2.75, 3.05) is 0 Å². The molecule has 0 aliphatic heterocycles. The molecule has 0 saturated heterocycles. The first-order chi connectivity index (χ1) is 6.54. The molecule has 0 spiro atoms. The second-order valence-corrected chi connectivity index (χ2v) is 3.68. The molecule has 0 radical (unpaired) electrons. The van der Waals surface area contributed by atoms with Crippen molar-refractivity contribution in [2.45, 2.75) is 0 Å². The molecule has 0 aliphatic carbocycles. The van der Waals surface area contributed by atoms with Crippen molar-refractivity contribution in [3.05, 3.63) is 44.4 Å². The van der Waals surface area contributed by atoms with Crippen molar-refractivity contribution >= 4 is 45.5 Å². The number of nitro benzene ring substituents is 1. The summed E-state index contributed by atoms with van der Waals surface area (Å²) in [6, 6.07) is 5.95. The summed E-state index contributed by atoms with van der Waals surface area (Å²) in [5, 5.41) is 10.6. The summed E-state index contributed by atoms with van der Waals surface area (Å²) in [6.07, 6.45) is 0. The fourth-order valence-corrected chi connectivity index (χ4v) is 1.28. The van der Waals surface area contributed by atoms with Gasteiger partial charge in [-0.3, -0.25) is 10.1 Å². The van der Waals surface area contributed by atoms with Crippen LogP contribution < -0.4 is 0 Å². The highest BCUT2D eigenvalue weighted by molar-refractivity contribution is 6.67. The Labute approximate surface area is 95.0 Å². The smallest absolute Gasteiger partial charge is 0.258 e. The Kier molecular flexibility index (Phi) is 3.75. The first-order valence-electron chi connectivity index (χ1n) is 3.48. The summed E-state index contributed by atoms with van der Waals surface area (Å²) in [5.41, 5.74) is 0.0791. The molecule has 0 heterocycles. The normalized spacial score (nSPS) is 9.64. The van der Waals surface area contributed by atoms with Crippen molar-refractivity contribution < 1.29 is 4.92 Å². The number of benzene rings is 1. The van der Waals surface area contributed by atoms with Crippen LogP contribution in [0.25, 0.3) is 5.03 Å². The van der Waals surface area contributed by atoms with Gasteiger partial charge in [0.1, 0.15) is 4.49 Å². The van der Waals surface area contributed by atoms with Gasteiger partial charge in [0.2, 0.25) is 0 Å². The minimum Gasteiger partial charge on any atom is -0.258 e. The van der Waals surface area contributed by atoms with E-state index in [-0.39, 0.29) is 20.8 Å². The lowest BCUT2D eigenvalue weighted by atomic mass is 10.2. The number of rotatable bonds is 2. The Balaban J connectivity index is 3.35. The fraction of sp³-hybridized carbons (Fsp3) is 0. The lowest BCUT2D eigenvalue weighted by molar-refractivity contribution is -0.385. The van der Waals surface area contributed by atoms with Crippen LogP contribution in [0, 0.1) is 10.1 Å². The third-order valence-electron chi connectivity index (χ3n) is 1.50. The Morgan fingerprint density at radius 3 is 2.29 bits per heavy atom. The molecular weight excluding hydrogens is 248 g/mol. The van der Waals surface area contributed by atoms with Crippen molar-refractivity contribution in [1.82, 2.24) is 0 Å². The standard InChI is InChI=1S/C8H4Cl3NO2/c9-7(8(10)11)5-3-1-2-4-6(5)12(13)14/h1-4H. The first kappa shape index (κ1) is 11.3. The van der Waals surface area contributed by atoms with Gasteiger partial charge in [-0.2, -0.15) is 0 Å². The summed E-state index contributed by atoms with van der Waals surface area (Å²) >= 11 is 16.6. The summed E-state index contributed by atoms with van der Waals surface area (Å²) in [4.78, 5) is 10.0. The number of nitrogens with zero attached hydrogens (tertiary/aromatic N) is 1. The molecule has 0 aliphatic rings. The molecule has 3 nitrogen and oxygen atoms in total. The van der Waals surface area contributed by atoms with Crippen molar-refractivity contribution in [3.63, 3.8) is 0 Å². The molecule has 14 heavy (non-hydrogen) atoms. The maximum atomic E-state index is 10.6. The van der Waals surface area contributed by atoms with Crippen LogP contribution in [0.1, 0.15) is 5.56 Å². The number of para-hydroxylation sites is 1. The van der Waals surface area contributed by atoms with Crippen molar-refractivity contribution in [3.8, 4) is 0 Å². The van der Waals surface area contributed by atoms with E-state index in [1.54, 1.807) is 6.07 Å². The van der Waals surface area contributed by atoms with Gasteiger partial charge in [-0.05, 0) is 6.07 Å². The molecule has 0 aromatic heterocycles. The molecule has 0 N–H and O–H groups in total. The van der Waals surface area contributed by atoms with E-state index in [0.29, 0.717) is 0 Å². The lowest BCUT2D eigenvalue weighted by Crippen LogP contribution is -1.92. The van der Waals surface area contributed by atoms with Crippen LogP contribution in [-0.4, -0.2) is 4.92 Å². The zero-order valence-electron chi connectivity index (χ0n) is 6.71. The van der Waals surface area contributed by atoms with Gasteiger partial charge in [0, 0.05) is 6.07 Å². The average Bonchev–Trinajstić information content (AvgIpc) is 2.16. The molecule has 0 saturated carbocycles. The van der Waals surface area contributed by atoms with Crippen LogP contribution in [0.5, 0.6) is 0 Å². The van der Waals surface area contributed by atoms with E-state index in [2.05, 4.69) is 0 Å². The molecule has 74 valence electrons. The van der Waals surface area contributed by atoms with Crippen LogP contribution in [-0.2, 0) is 0 Å². The summed E-state index contributed by atoms with van der Waals surface area (Å²) in [7, 11) is 0. The van der Waals surface area contributed by atoms with E-state index < -0.39 is 4.92 Å². The summed E-state index contributed by atoms with van der Waals surface area (Å²) in [5.74, 6) is 0. The molecule has 0 fully saturated rings. The van der Waals surface area contributed by atoms with Crippen LogP contribution in [0.15, 0.2) is 28.8 Å². The molecule has 1 aromatic rings. The maximum absolute atomic E-state index is 10.6. The highest BCUT2D eigenvalue weighted by atomic mass is 35.5. The maximum Gasteiger partial charge on any atom is 0.278 e. The lowest BCUT2D eigenvalue weighted by Gasteiger charge is -2.00. The quantitative estimate of drug-likeness (QED) is 0.591. The van der Waals surface area contributed by atoms with Gasteiger partial charge in [0.15, 0.2) is 0 Å². The Bertz CT molecular complexity index is 399. The number of hydrogen-bond acceptors (Lipinski definition) is 2. The van der Waals surface area contributed by atoms with E-state index in [9.17, 15) is 10.1 Å². The van der Waals surface area contributed by atoms with Crippen LogP contribution in [0.4, 0.5) is 5.69 Å². The molecule has 1 rings (SSSR count). The predicted octanol–water partition coefficient (Wildman–Crippen LogP) is 3.94. The minimum absolute atomic E-state index is 0.0272. The van der Waals surface area contributed by atoms with Crippen molar-refractivity contribution in [2.24, 2.45) is 0 Å². The van der Waals surface area contributed by atoms with Crippen LogP contribution in [0.3, 0.4) is 0 Å². The van der Waals surface area contributed by atoms with Crippen LogP contribution >= 0.6 is 34.8 Å². The fourth-order valence-electron chi connectivity index (χ4n) is 0.920. The van der Waals surface area contributed by atoms with Crippen molar-refractivity contribution in [1.29, 1.82) is 0 Å². The van der Waals surface area contributed by atoms with Gasteiger partial charge in [0.05, 0.1) is 15.5 Å². The third-order valence-corrected chi connectivity index (χ3v) is 2.47. The monoisotopic (exact) mass is 251 g/mol. The number of hydrogen-bond donors (Lipinski definition) is 0. The SMILES string of the molecule is O=[N+]([O-])c1ccccc1C(Cl)=C(Cl)Cl. The second-order valence-electron chi connectivity index (χ2n) is 2.35. The van der Waals surface area contributed by atoms with E-state index in [4.69, 9.17) is 34.8 Å². The highest BCUT2D eigenvalue weighted by Gasteiger charge is 2.16. The third kappa shape index (κ3) is 2.38. The second kappa shape index (κ2) is 4.64. The van der Waals surface area contributed by atoms with Gasteiger partial charge in [-0.1, -0.05) is 46.9 Å². The first-order valence-corrected chi connectivity index (χ1v) is 4.62. The molecule has 0 bridgehead atoms. The molecule has 0 atom stereocenters. The highest BCUT2D eigenvalue weighted by Crippen LogP contribution is 2.33. The molecule has 0 amide bonds. The summed E-state index contributed by atoms with van der Waals surface area (Å²) in [6.45, 7) is 0. The van der Waals surface area contributed by atoms with Gasteiger partial charge >= 0.3 is 0 Å². The largest absolute Gasteiger partial charge is 0.278 e. The molecule has 1 aromatic carbocycles. The average molecular weight is 252 g/mol. The zero-order valence-corrected chi connectivity index (χ0v) is 8.97. The molecule has 0 unspecified atom stereocenters. The van der Waals surface area contributed by atoms with E-state index in [1.807, 2.05) is 0 Å². The predicted molar refractivity (Wildman–Crippen MR) is 57.6 cm³/mol. The molecule has 6 heteroatoms. The van der Waals surface area contributed by atoms with Gasteiger partial charge in [-0.15, -0.1) is 0 Å². The van der Waals surface area contributed by atoms with E-state index >= 15 is 0 Å². The van der Waals surface area contributed by atoms with E-state index in [1.165, 1.54) is 18.2 Å². The van der Waals surface area contributed by atoms with E-state index in [0.717, 1.165) is 0 Å². The number of nitro groups is 1. The Morgan fingerprint density at radius 2 is 1.79 bits per heavy atom. The Morgan fingerprint density at radius 1 is 1.21 bits per heavy atom. The van der Waals surface area contributed by atoms with Crippen LogP contribution in [0.2, 0.25) is 0 Å².